The van der Waals surface area contributed by atoms with Gasteiger partial charge in [0, 0.05) is 37.8 Å². The van der Waals surface area contributed by atoms with Crippen molar-refractivity contribution in [2.24, 2.45) is 11.8 Å². The van der Waals surface area contributed by atoms with Gasteiger partial charge < -0.3 is 14.7 Å². The van der Waals surface area contributed by atoms with Crippen LogP contribution >= 0.6 is 0 Å². The van der Waals surface area contributed by atoms with Crippen molar-refractivity contribution in [2.45, 2.75) is 38.7 Å². The molecule has 2 unspecified atom stereocenters. The molecule has 1 aromatic carbocycles. The lowest BCUT2D eigenvalue weighted by Gasteiger charge is -2.48. The van der Waals surface area contributed by atoms with Gasteiger partial charge in [-0.1, -0.05) is 13.0 Å². The second-order valence-electron chi connectivity index (χ2n) is 7.24. The molecule has 0 aliphatic carbocycles. The summed E-state index contributed by atoms with van der Waals surface area (Å²) in [5.41, 5.74) is 0.454. The number of carbonyl (C=O) groups is 1. The summed E-state index contributed by atoms with van der Waals surface area (Å²) in [4.78, 5) is 14.5. The fraction of sp³-hybridized carbons (Fsp3) is 0.632. The summed E-state index contributed by atoms with van der Waals surface area (Å²) in [6, 6.07) is 4.31. The van der Waals surface area contributed by atoms with Gasteiger partial charge in [-0.15, -0.1) is 0 Å². The molecule has 24 heavy (non-hydrogen) atoms. The number of amides is 1. The highest BCUT2D eigenvalue weighted by molar-refractivity contribution is 5.95. The molecule has 2 atom stereocenters. The molecule has 4 nitrogen and oxygen atoms in total. The standard InChI is InChI=1S/C19H26FNO3/c1-13-3-4-16(20)11-17(13)18(22)21-8-7-19(23,14(2)12-21)15-5-9-24-10-6-15/h3-4,11,14-15,23H,5-10,12H2,1-2H3. The summed E-state index contributed by atoms with van der Waals surface area (Å²) < 4.78 is 18.9. The first-order chi connectivity index (χ1) is 11.4. The van der Waals surface area contributed by atoms with Crippen molar-refractivity contribution in [3.8, 4) is 0 Å². The number of benzene rings is 1. The molecular formula is C19H26FNO3. The van der Waals surface area contributed by atoms with E-state index in [4.69, 9.17) is 4.74 Å². The maximum atomic E-state index is 13.5. The quantitative estimate of drug-likeness (QED) is 0.904. The van der Waals surface area contributed by atoms with Gasteiger partial charge >= 0.3 is 0 Å². The Kier molecular flexibility index (Phi) is 4.92. The van der Waals surface area contributed by atoms with E-state index in [1.54, 1.807) is 11.0 Å². The van der Waals surface area contributed by atoms with Crippen LogP contribution in [-0.2, 0) is 4.74 Å². The van der Waals surface area contributed by atoms with E-state index < -0.39 is 11.4 Å². The van der Waals surface area contributed by atoms with Crippen molar-refractivity contribution in [2.75, 3.05) is 26.3 Å². The van der Waals surface area contributed by atoms with Crippen molar-refractivity contribution < 1.29 is 19.0 Å². The third kappa shape index (κ3) is 3.20. The molecule has 3 rings (SSSR count). The molecule has 2 fully saturated rings. The van der Waals surface area contributed by atoms with E-state index in [2.05, 4.69) is 0 Å². The fourth-order valence-corrected chi connectivity index (χ4v) is 4.12. The Bertz CT molecular complexity index is 615. The number of piperidine rings is 1. The number of ether oxygens (including phenoxy) is 1. The molecule has 1 amide bonds. The van der Waals surface area contributed by atoms with Crippen molar-refractivity contribution in [3.05, 3.63) is 35.1 Å². The van der Waals surface area contributed by atoms with Gasteiger partial charge in [0.15, 0.2) is 0 Å². The van der Waals surface area contributed by atoms with Gasteiger partial charge in [-0.25, -0.2) is 4.39 Å². The maximum Gasteiger partial charge on any atom is 0.254 e. The topological polar surface area (TPSA) is 49.8 Å². The molecule has 0 aromatic heterocycles. The molecule has 0 radical (unpaired) electrons. The predicted octanol–water partition coefficient (Wildman–Crippen LogP) is 2.77. The largest absolute Gasteiger partial charge is 0.389 e. The van der Waals surface area contributed by atoms with E-state index in [0.29, 0.717) is 38.3 Å². The van der Waals surface area contributed by atoms with Crippen LogP contribution in [0.1, 0.15) is 42.1 Å². The summed E-state index contributed by atoms with van der Waals surface area (Å²) in [6.07, 6.45) is 2.31. The highest BCUT2D eigenvalue weighted by Gasteiger charge is 2.46. The number of likely N-dealkylation sites (tertiary alicyclic amines) is 1. The van der Waals surface area contributed by atoms with Crippen LogP contribution in [0.5, 0.6) is 0 Å². The Morgan fingerprint density at radius 3 is 2.75 bits per heavy atom. The van der Waals surface area contributed by atoms with E-state index in [9.17, 15) is 14.3 Å². The molecule has 0 spiro atoms. The molecule has 0 bridgehead atoms. The minimum Gasteiger partial charge on any atom is -0.389 e. The number of rotatable bonds is 2. The van der Waals surface area contributed by atoms with Crippen LogP contribution in [0.4, 0.5) is 4.39 Å². The average Bonchev–Trinajstić information content (AvgIpc) is 2.59. The average molecular weight is 335 g/mol. The second kappa shape index (κ2) is 6.81. The summed E-state index contributed by atoms with van der Waals surface area (Å²) in [6.45, 7) is 6.23. The Labute approximate surface area is 142 Å². The summed E-state index contributed by atoms with van der Waals surface area (Å²) in [5.74, 6) is -0.317. The summed E-state index contributed by atoms with van der Waals surface area (Å²) in [7, 11) is 0. The Morgan fingerprint density at radius 1 is 1.38 bits per heavy atom. The third-order valence-corrected chi connectivity index (χ3v) is 5.78. The van der Waals surface area contributed by atoms with Crippen LogP contribution in [0.2, 0.25) is 0 Å². The molecule has 1 aromatic rings. The van der Waals surface area contributed by atoms with Crippen molar-refractivity contribution in [3.63, 3.8) is 0 Å². The lowest BCUT2D eigenvalue weighted by molar-refractivity contribution is -0.125. The van der Waals surface area contributed by atoms with E-state index in [-0.39, 0.29) is 17.7 Å². The highest BCUT2D eigenvalue weighted by Crippen LogP contribution is 2.39. The molecule has 1 N–H and O–H groups in total. The monoisotopic (exact) mass is 335 g/mol. The zero-order valence-electron chi connectivity index (χ0n) is 14.4. The maximum absolute atomic E-state index is 13.5. The molecule has 2 heterocycles. The molecule has 2 saturated heterocycles. The Morgan fingerprint density at radius 2 is 2.08 bits per heavy atom. The van der Waals surface area contributed by atoms with Gasteiger partial charge in [0.1, 0.15) is 5.82 Å². The lowest BCUT2D eigenvalue weighted by Crippen LogP contribution is -2.56. The van der Waals surface area contributed by atoms with Gasteiger partial charge in [-0.05, 0) is 49.8 Å². The predicted molar refractivity (Wildman–Crippen MR) is 89.3 cm³/mol. The van der Waals surface area contributed by atoms with Crippen LogP contribution in [0.15, 0.2) is 18.2 Å². The third-order valence-electron chi connectivity index (χ3n) is 5.78. The molecule has 5 heteroatoms. The number of carbonyl (C=O) groups excluding carboxylic acids is 1. The SMILES string of the molecule is Cc1ccc(F)cc1C(=O)N1CCC(O)(C2CCOCC2)C(C)C1. The van der Waals surface area contributed by atoms with E-state index in [0.717, 1.165) is 18.4 Å². The Balaban J connectivity index is 1.73. The number of aryl methyl sites for hydroxylation is 1. The van der Waals surface area contributed by atoms with Crippen molar-refractivity contribution in [1.29, 1.82) is 0 Å². The first-order valence-electron chi connectivity index (χ1n) is 8.77. The van der Waals surface area contributed by atoms with Gasteiger partial charge in [-0.2, -0.15) is 0 Å². The number of hydrogen-bond acceptors (Lipinski definition) is 3. The first kappa shape index (κ1) is 17.4. The van der Waals surface area contributed by atoms with Gasteiger partial charge in [0.25, 0.3) is 5.91 Å². The zero-order chi connectivity index (χ0) is 17.3. The van der Waals surface area contributed by atoms with E-state index in [1.165, 1.54) is 12.1 Å². The fourth-order valence-electron chi connectivity index (χ4n) is 4.12. The zero-order valence-corrected chi connectivity index (χ0v) is 14.4. The normalized spacial score (nSPS) is 28.8. The van der Waals surface area contributed by atoms with Gasteiger partial charge in [0.05, 0.1) is 5.60 Å². The number of halogens is 1. The summed E-state index contributed by atoms with van der Waals surface area (Å²) in [5, 5.41) is 11.2. The van der Waals surface area contributed by atoms with E-state index >= 15 is 0 Å². The first-order valence-corrected chi connectivity index (χ1v) is 8.77. The lowest BCUT2D eigenvalue weighted by atomic mass is 9.70. The van der Waals surface area contributed by atoms with Crippen LogP contribution in [-0.4, -0.2) is 47.8 Å². The summed E-state index contributed by atoms with van der Waals surface area (Å²) >= 11 is 0. The van der Waals surface area contributed by atoms with Crippen LogP contribution < -0.4 is 0 Å². The second-order valence-corrected chi connectivity index (χ2v) is 7.24. The van der Waals surface area contributed by atoms with Gasteiger partial charge in [0.2, 0.25) is 0 Å². The van der Waals surface area contributed by atoms with Crippen LogP contribution in [0.25, 0.3) is 0 Å². The van der Waals surface area contributed by atoms with Gasteiger partial charge in [-0.3, -0.25) is 4.79 Å². The van der Waals surface area contributed by atoms with Crippen LogP contribution in [0.3, 0.4) is 0 Å². The number of nitrogens with zero attached hydrogens (tertiary/aromatic N) is 1. The number of hydrogen-bond donors (Lipinski definition) is 1. The van der Waals surface area contributed by atoms with Crippen LogP contribution in [0, 0.1) is 24.6 Å². The van der Waals surface area contributed by atoms with Crippen molar-refractivity contribution >= 4 is 5.91 Å². The molecule has 2 aliphatic heterocycles. The molecular weight excluding hydrogens is 309 g/mol. The van der Waals surface area contributed by atoms with E-state index in [1.807, 2.05) is 13.8 Å². The Hall–Kier alpha value is -1.46. The minimum atomic E-state index is -0.739. The smallest absolute Gasteiger partial charge is 0.254 e. The highest BCUT2D eigenvalue weighted by atomic mass is 19.1. The number of aliphatic hydroxyl groups is 1. The molecule has 0 saturated carbocycles. The minimum absolute atomic E-state index is 0.00725. The molecule has 2 aliphatic rings. The van der Waals surface area contributed by atoms with Crippen molar-refractivity contribution in [1.82, 2.24) is 4.90 Å². The molecule has 132 valence electrons.